The molecule has 0 aliphatic heterocycles. The number of benzene rings is 2. The molecule has 0 radical (unpaired) electrons. The number of nitrogens with one attached hydrogen (secondary N) is 2. The van der Waals surface area contributed by atoms with Crippen LogP contribution in [0.2, 0.25) is 0 Å². The van der Waals surface area contributed by atoms with E-state index in [1.54, 1.807) is 13.2 Å². The average Bonchev–Trinajstić information content (AvgIpc) is 2.57. The number of hydrogen-bond acceptors (Lipinski definition) is 3. The maximum atomic E-state index is 11.7. The minimum absolute atomic E-state index is 0.0193. The van der Waals surface area contributed by atoms with E-state index in [-0.39, 0.29) is 18.4 Å². The third kappa shape index (κ3) is 4.85. The molecule has 0 atom stereocenters. The molecule has 5 heteroatoms. The number of rotatable bonds is 6. The van der Waals surface area contributed by atoms with Crippen LogP contribution < -0.4 is 15.4 Å². The van der Waals surface area contributed by atoms with Crippen LogP contribution in [-0.4, -0.2) is 32.0 Å². The molecule has 2 aromatic carbocycles. The van der Waals surface area contributed by atoms with Gasteiger partial charge >= 0.3 is 0 Å². The monoisotopic (exact) mass is 312 g/mol. The molecule has 0 saturated heterocycles. The highest BCUT2D eigenvalue weighted by molar-refractivity contribution is 5.95. The van der Waals surface area contributed by atoms with Crippen LogP contribution in [0.25, 0.3) is 16.8 Å². The summed E-state index contributed by atoms with van der Waals surface area (Å²) in [7, 11) is 1.64. The molecule has 2 rings (SSSR count). The van der Waals surface area contributed by atoms with Gasteiger partial charge in [-0.1, -0.05) is 18.2 Å². The Labute approximate surface area is 135 Å². The first-order valence-electron chi connectivity index (χ1n) is 7.43. The Hall–Kier alpha value is -2.82. The number of ether oxygens (including phenoxy) is 1. The van der Waals surface area contributed by atoms with Gasteiger partial charge < -0.3 is 15.4 Å². The van der Waals surface area contributed by atoms with Gasteiger partial charge in [-0.25, -0.2) is 0 Å². The van der Waals surface area contributed by atoms with E-state index in [1.165, 1.54) is 6.08 Å². The minimum Gasteiger partial charge on any atom is -0.497 e. The predicted octanol–water partition coefficient (Wildman–Crippen LogP) is 2.11. The summed E-state index contributed by atoms with van der Waals surface area (Å²) < 4.78 is 5.20. The van der Waals surface area contributed by atoms with Crippen molar-refractivity contribution in [3.8, 4) is 5.75 Å². The number of methoxy groups -OCH3 is 1. The first-order chi connectivity index (χ1) is 11.1. The molecule has 120 valence electrons. The molecular weight excluding hydrogens is 292 g/mol. The summed E-state index contributed by atoms with van der Waals surface area (Å²) >= 11 is 0. The number of fused-ring (bicyclic) bond motifs is 1. The molecule has 0 unspecified atom stereocenters. The Morgan fingerprint density at radius 1 is 1.09 bits per heavy atom. The number of hydrogen-bond donors (Lipinski definition) is 2. The number of amides is 2. The fraction of sp³-hybridized carbons (Fsp3) is 0.222. The highest BCUT2D eigenvalue weighted by Crippen LogP contribution is 2.22. The lowest BCUT2D eigenvalue weighted by atomic mass is 10.1. The minimum atomic E-state index is -0.300. The maximum absolute atomic E-state index is 11.7. The van der Waals surface area contributed by atoms with E-state index in [9.17, 15) is 9.59 Å². The molecule has 0 spiro atoms. The molecule has 0 aliphatic rings. The molecule has 0 heterocycles. The zero-order valence-electron chi connectivity index (χ0n) is 13.3. The van der Waals surface area contributed by atoms with E-state index >= 15 is 0 Å². The lowest BCUT2D eigenvalue weighted by Crippen LogP contribution is -2.35. The second-order valence-corrected chi connectivity index (χ2v) is 4.98. The van der Waals surface area contributed by atoms with Crippen molar-refractivity contribution in [2.45, 2.75) is 6.92 Å². The Kier molecular flexibility index (Phi) is 5.74. The van der Waals surface area contributed by atoms with Crippen LogP contribution in [0.5, 0.6) is 5.75 Å². The summed E-state index contributed by atoms with van der Waals surface area (Å²) in [4.78, 5) is 22.9. The molecule has 2 N–H and O–H groups in total. The Bertz CT molecular complexity index is 738. The Balaban J connectivity index is 2.00. The summed E-state index contributed by atoms with van der Waals surface area (Å²) in [6.45, 7) is 2.36. The van der Waals surface area contributed by atoms with Crippen molar-refractivity contribution in [3.63, 3.8) is 0 Å². The van der Waals surface area contributed by atoms with Crippen LogP contribution in [0, 0.1) is 0 Å². The Morgan fingerprint density at radius 3 is 2.57 bits per heavy atom. The lowest BCUT2D eigenvalue weighted by Gasteiger charge is -2.04. The predicted molar refractivity (Wildman–Crippen MR) is 91.2 cm³/mol. The van der Waals surface area contributed by atoms with Crippen molar-refractivity contribution in [1.29, 1.82) is 0 Å². The van der Waals surface area contributed by atoms with E-state index < -0.39 is 0 Å². The van der Waals surface area contributed by atoms with Gasteiger partial charge in [0.2, 0.25) is 11.8 Å². The molecule has 0 aromatic heterocycles. The zero-order chi connectivity index (χ0) is 16.7. The SMILES string of the molecule is CCNC(=O)CNC(=O)/C=C/c1ccc2cc(OC)ccc2c1. The van der Waals surface area contributed by atoms with E-state index in [0.29, 0.717) is 6.54 Å². The van der Waals surface area contributed by atoms with E-state index in [2.05, 4.69) is 10.6 Å². The molecule has 5 nitrogen and oxygen atoms in total. The number of carbonyl (C=O) groups is 2. The van der Waals surface area contributed by atoms with E-state index in [4.69, 9.17) is 4.74 Å². The summed E-state index contributed by atoms with van der Waals surface area (Å²) in [5.41, 5.74) is 0.913. The van der Waals surface area contributed by atoms with Crippen molar-refractivity contribution in [2.24, 2.45) is 0 Å². The Morgan fingerprint density at radius 2 is 1.83 bits per heavy atom. The van der Waals surface area contributed by atoms with Crippen molar-refractivity contribution in [2.75, 3.05) is 20.2 Å². The van der Waals surface area contributed by atoms with Gasteiger partial charge in [0, 0.05) is 12.6 Å². The van der Waals surface area contributed by atoms with Gasteiger partial charge in [-0.15, -0.1) is 0 Å². The molecule has 23 heavy (non-hydrogen) atoms. The smallest absolute Gasteiger partial charge is 0.244 e. The van der Waals surface area contributed by atoms with Gasteiger partial charge in [0.05, 0.1) is 13.7 Å². The van der Waals surface area contributed by atoms with Gasteiger partial charge in [0.25, 0.3) is 0 Å². The van der Waals surface area contributed by atoms with Crippen molar-refractivity contribution in [1.82, 2.24) is 10.6 Å². The van der Waals surface area contributed by atoms with Crippen LogP contribution in [-0.2, 0) is 9.59 Å². The molecular formula is C18H20N2O3. The summed E-state index contributed by atoms with van der Waals surface area (Å²) in [6.07, 6.45) is 3.14. The first kappa shape index (κ1) is 16.5. The van der Waals surface area contributed by atoms with Crippen molar-refractivity contribution >= 4 is 28.7 Å². The third-order valence-electron chi connectivity index (χ3n) is 3.30. The van der Waals surface area contributed by atoms with Gasteiger partial charge in [-0.05, 0) is 47.5 Å². The second kappa shape index (κ2) is 7.98. The zero-order valence-corrected chi connectivity index (χ0v) is 13.3. The molecule has 2 amide bonds. The molecule has 0 fully saturated rings. The van der Waals surface area contributed by atoms with Crippen LogP contribution in [0.1, 0.15) is 12.5 Å². The highest BCUT2D eigenvalue weighted by Gasteiger charge is 2.01. The molecule has 2 aromatic rings. The van der Waals surface area contributed by atoms with Gasteiger partial charge in [0.1, 0.15) is 5.75 Å². The van der Waals surface area contributed by atoms with E-state index in [0.717, 1.165) is 22.1 Å². The van der Waals surface area contributed by atoms with Crippen molar-refractivity contribution in [3.05, 3.63) is 48.0 Å². The number of likely N-dealkylation sites (N-methyl/N-ethyl adjacent to an activating group) is 1. The van der Waals surface area contributed by atoms with Crippen LogP contribution in [0.4, 0.5) is 0 Å². The summed E-state index contributed by atoms with van der Waals surface area (Å²) in [5.74, 6) is 0.311. The topological polar surface area (TPSA) is 67.4 Å². The van der Waals surface area contributed by atoms with Gasteiger partial charge in [0.15, 0.2) is 0 Å². The van der Waals surface area contributed by atoms with Crippen LogP contribution in [0.15, 0.2) is 42.5 Å². The quantitative estimate of drug-likeness (QED) is 0.803. The largest absolute Gasteiger partial charge is 0.497 e. The lowest BCUT2D eigenvalue weighted by molar-refractivity contribution is -0.123. The van der Waals surface area contributed by atoms with E-state index in [1.807, 2.05) is 43.3 Å². The van der Waals surface area contributed by atoms with Crippen LogP contribution in [0.3, 0.4) is 0 Å². The highest BCUT2D eigenvalue weighted by atomic mass is 16.5. The fourth-order valence-corrected chi connectivity index (χ4v) is 2.13. The van der Waals surface area contributed by atoms with Gasteiger partial charge in [-0.2, -0.15) is 0 Å². The standard InChI is InChI=1S/C18H20N2O3/c1-3-19-18(22)12-20-17(21)9-5-13-4-6-15-11-16(23-2)8-7-14(15)10-13/h4-11H,3,12H2,1-2H3,(H,19,22)(H,20,21)/b9-5+. The molecule has 0 saturated carbocycles. The second-order valence-electron chi connectivity index (χ2n) is 4.98. The normalized spacial score (nSPS) is 10.7. The first-order valence-corrected chi connectivity index (χ1v) is 7.43. The molecule has 0 bridgehead atoms. The summed E-state index contributed by atoms with van der Waals surface area (Å²) in [5, 5.41) is 7.29. The maximum Gasteiger partial charge on any atom is 0.244 e. The third-order valence-corrected chi connectivity index (χ3v) is 3.30. The van der Waals surface area contributed by atoms with Crippen molar-refractivity contribution < 1.29 is 14.3 Å². The van der Waals surface area contributed by atoms with Gasteiger partial charge in [-0.3, -0.25) is 9.59 Å². The number of carbonyl (C=O) groups excluding carboxylic acids is 2. The van der Waals surface area contributed by atoms with Crippen LogP contribution >= 0.6 is 0 Å². The average molecular weight is 312 g/mol. The summed E-state index contributed by atoms with van der Waals surface area (Å²) in [6, 6.07) is 11.7. The molecule has 0 aliphatic carbocycles. The fourth-order valence-electron chi connectivity index (χ4n) is 2.13.